The maximum Gasteiger partial charge on any atom is 0.416 e. The number of β-amino-alcohol motifs (C(OH)–C–C–N with tert-alkyl or cyclic N) is 1. The lowest BCUT2D eigenvalue weighted by atomic mass is 9.97. The van der Waals surface area contributed by atoms with Crippen LogP contribution in [0.1, 0.15) is 36.4 Å². The van der Waals surface area contributed by atoms with Crippen molar-refractivity contribution in [2.24, 2.45) is 5.92 Å². The summed E-state index contributed by atoms with van der Waals surface area (Å²) in [5, 5.41) is 13.4. The van der Waals surface area contributed by atoms with Crippen LogP contribution in [0.25, 0.3) is 0 Å². The first-order valence-electron chi connectivity index (χ1n) is 8.23. The minimum absolute atomic E-state index is 0.00853. The van der Waals surface area contributed by atoms with Crippen LogP contribution in [-0.4, -0.2) is 42.3 Å². The van der Waals surface area contributed by atoms with E-state index in [1.54, 1.807) is 12.1 Å². The van der Waals surface area contributed by atoms with Gasteiger partial charge in [0.15, 0.2) is 0 Å². The fourth-order valence-corrected chi connectivity index (χ4v) is 3.73. The molecule has 1 aromatic rings. The second-order valence-corrected chi connectivity index (χ2v) is 6.69. The third kappa shape index (κ3) is 4.05. The number of alkyl halides is 3. The Bertz CT molecular complexity index is 512. The summed E-state index contributed by atoms with van der Waals surface area (Å²) in [6.07, 6.45) is -1.79. The number of aliphatic hydroxyl groups excluding tert-OH is 1. The van der Waals surface area contributed by atoms with Crippen LogP contribution in [0.4, 0.5) is 13.2 Å². The first-order chi connectivity index (χ1) is 10.9. The zero-order valence-corrected chi connectivity index (χ0v) is 13.0. The number of piperidine rings is 1. The Balaban J connectivity index is 1.71. The molecule has 2 N–H and O–H groups in total. The van der Waals surface area contributed by atoms with Gasteiger partial charge in [0.05, 0.1) is 11.7 Å². The van der Waals surface area contributed by atoms with Crippen LogP contribution >= 0.6 is 0 Å². The molecule has 3 atom stereocenters. The molecule has 0 amide bonds. The molecule has 23 heavy (non-hydrogen) atoms. The molecule has 2 aliphatic heterocycles. The number of aliphatic hydroxyl groups is 1. The van der Waals surface area contributed by atoms with E-state index in [1.807, 2.05) is 0 Å². The van der Waals surface area contributed by atoms with Crippen molar-refractivity contribution in [3.05, 3.63) is 35.4 Å². The van der Waals surface area contributed by atoms with Gasteiger partial charge in [0.1, 0.15) is 0 Å². The van der Waals surface area contributed by atoms with Gasteiger partial charge in [0, 0.05) is 19.1 Å². The van der Waals surface area contributed by atoms with E-state index in [0.29, 0.717) is 18.9 Å². The predicted octanol–water partition coefficient (Wildman–Crippen LogP) is 2.81. The molecular weight excluding hydrogens is 305 g/mol. The van der Waals surface area contributed by atoms with Gasteiger partial charge in [-0.1, -0.05) is 12.1 Å². The lowest BCUT2D eigenvalue weighted by Gasteiger charge is -2.31. The molecule has 0 saturated carbocycles. The summed E-state index contributed by atoms with van der Waals surface area (Å²) in [7, 11) is 0. The minimum atomic E-state index is -4.30. The summed E-state index contributed by atoms with van der Waals surface area (Å²) < 4.78 is 38.1. The lowest BCUT2D eigenvalue weighted by molar-refractivity contribution is -0.137. The van der Waals surface area contributed by atoms with E-state index in [1.165, 1.54) is 6.42 Å². The average molecular weight is 328 g/mol. The molecule has 128 valence electrons. The van der Waals surface area contributed by atoms with Crippen molar-refractivity contribution in [2.45, 2.75) is 37.6 Å². The minimum Gasteiger partial charge on any atom is -0.392 e. The van der Waals surface area contributed by atoms with Crippen molar-refractivity contribution in [2.75, 3.05) is 26.2 Å². The standard InChI is InChI=1S/C17H23F3N2O/c18-17(19,20)14-5-3-13(4-6-14)16-8-15(23)11-22(16)10-12-2-1-7-21-9-12/h3-6,12,15-16,21,23H,1-2,7-11H2. The van der Waals surface area contributed by atoms with Crippen LogP contribution < -0.4 is 5.32 Å². The lowest BCUT2D eigenvalue weighted by Crippen LogP contribution is -2.38. The van der Waals surface area contributed by atoms with E-state index in [-0.39, 0.29) is 6.04 Å². The summed E-state index contributed by atoms with van der Waals surface area (Å²) in [6.45, 7) is 3.52. The Labute approximate surface area is 134 Å². The van der Waals surface area contributed by atoms with Crippen LogP contribution in [0.3, 0.4) is 0 Å². The quantitative estimate of drug-likeness (QED) is 0.896. The van der Waals surface area contributed by atoms with Gasteiger partial charge in [-0.15, -0.1) is 0 Å². The number of halogens is 3. The highest BCUT2D eigenvalue weighted by Gasteiger charge is 2.35. The second kappa shape index (κ2) is 6.79. The maximum absolute atomic E-state index is 12.7. The van der Waals surface area contributed by atoms with Gasteiger partial charge in [-0.05, 0) is 56.0 Å². The van der Waals surface area contributed by atoms with E-state index >= 15 is 0 Å². The zero-order chi connectivity index (χ0) is 16.4. The van der Waals surface area contributed by atoms with E-state index in [0.717, 1.165) is 43.8 Å². The first-order valence-corrected chi connectivity index (χ1v) is 8.23. The molecule has 0 aliphatic carbocycles. The first kappa shape index (κ1) is 16.7. The zero-order valence-electron chi connectivity index (χ0n) is 13.0. The Morgan fingerprint density at radius 2 is 1.96 bits per heavy atom. The number of benzene rings is 1. The van der Waals surface area contributed by atoms with E-state index in [2.05, 4.69) is 10.2 Å². The van der Waals surface area contributed by atoms with E-state index in [9.17, 15) is 18.3 Å². The largest absolute Gasteiger partial charge is 0.416 e. The molecular formula is C17H23F3N2O. The maximum atomic E-state index is 12.7. The Kier molecular flexibility index (Phi) is 4.94. The van der Waals surface area contributed by atoms with Crippen LogP contribution in [0, 0.1) is 5.92 Å². The molecule has 0 bridgehead atoms. The molecule has 0 spiro atoms. The molecule has 6 heteroatoms. The van der Waals surface area contributed by atoms with Gasteiger partial charge in [-0.2, -0.15) is 13.2 Å². The molecule has 2 aliphatic rings. The highest BCUT2D eigenvalue weighted by molar-refractivity contribution is 5.27. The van der Waals surface area contributed by atoms with Crippen LogP contribution in [0.2, 0.25) is 0 Å². The number of nitrogens with one attached hydrogen (secondary N) is 1. The fourth-order valence-electron chi connectivity index (χ4n) is 3.73. The second-order valence-electron chi connectivity index (χ2n) is 6.69. The summed E-state index contributed by atoms with van der Waals surface area (Å²) in [6, 6.07) is 5.39. The fraction of sp³-hybridized carbons (Fsp3) is 0.647. The number of likely N-dealkylation sites (tertiary alicyclic amines) is 1. The Morgan fingerprint density at radius 1 is 1.22 bits per heavy atom. The molecule has 2 saturated heterocycles. The SMILES string of the molecule is OC1CC(c2ccc(C(F)(F)F)cc2)N(CC2CCCNC2)C1. The number of rotatable bonds is 3. The predicted molar refractivity (Wildman–Crippen MR) is 82.0 cm³/mol. The van der Waals surface area contributed by atoms with Crippen molar-refractivity contribution in [3.63, 3.8) is 0 Å². The number of nitrogens with zero attached hydrogens (tertiary/aromatic N) is 1. The molecule has 3 unspecified atom stereocenters. The van der Waals surface area contributed by atoms with Gasteiger partial charge in [0.2, 0.25) is 0 Å². The molecule has 3 nitrogen and oxygen atoms in total. The van der Waals surface area contributed by atoms with Crippen LogP contribution in [0.5, 0.6) is 0 Å². The molecule has 0 aromatic heterocycles. The average Bonchev–Trinajstić information content (AvgIpc) is 2.88. The molecule has 3 rings (SSSR count). The van der Waals surface area contributed by atoms with E-state index in [4.69, 9.17) is 0 Å². The third-order valence-electron chi connectivity index (χ3n) is 4.90. The number of hydrogen-bond donors (Lipinski definition) is 2. The highest BCUT2D eigenvalue weighted by Crippen LogP contribution is 2.35. The van der Waals surface area contributed by atoms with Crippen molar-refractivity contribution >= 4 is 0 Å². The van der Waals surface area contributed by atoms with E-state index < -0.39 is 17.8 Å². The normalized spacial score (nSPS) is 29.8. The van der Waals surface area contributed by atoms with Crippen LogP contribution in [0.15, 0.2) is 24.3 Å². The monoisotopic (exact) mass is 328 g/mol. The van der Waals surface area contributed by atoms with Crippen molar-refractivity contribution in [1.82, 2.24) is 10.2 Å². The van der Waals surface area contributed by atoms with Crippen molar-refractivity contribution in [1.29, 1.82) is 0 Å². The number of hydrogen-bond acceptors (Lipinski definition) is 3. The summed E-state index contributed by atoms with van der Waals surface area (Å²) in [5.74, 6) is 0.547. The van der Waals surface area contributed by atoms with Gasteiger partial charge in [-0.3, -0.25) is 4.90 Å². The topological polar surface area (TPSA) is 35.5 Å². The molecule has 2 fully saturated rings. The third-order valence-corrected chi connectivity index (χ3v) is 4.90. The summed E-state index contributed by atoms with van der Waals surface area (Å²) >= 11 is 0. The van der Waals surface area contributed by atoms with Gasteiger partial charge in [-0.25, -0.2) is 0 Å². The molecule has 1 aromatic carbocycles. The smallest absolute Gasteiger partial charge is 0.392 e. The van der Waals surface area contributed by atoms with Gasteiger partial charge >= 0.3 is 6.18 Å². The van der Waals surface area contributed by atoms with Gasteiger partial charge < -0.3 is 10.4 Å². The van der Waals surface area contributed by atoms with Crippen molar-refractivity contribution < 1.29 is 18.3 Å². The van der Waals surface area contributed by atoms with Crippen molar-refractivity contribution in [3.8, 4) is 0 Å². The Morgan fingerprint density at radius 3 is 2.57 bits per heavy atom. The summed E-state index contributed by atoms with van der Waals surface area (Å²) in [5.41, 5.74) is 0.237. The summed E-state index contributed by atoms with van der Waals surface area (Å²) in [4.78, 5) is 2.23. The highest BCUT2D eigenvalue weighted by atomic mass is 19.4. The van der Waals surface area contributed by atoms with Gasteiger partial charge in [0.25, 0.3) is 0 Å². The molecule has 2 heterocycles. The molecule has 0 radical (unpaired) electrons. The van der Waals surface area contributed by atoms with Crippen LogP contribution in [-0.2, 0) is 6.18 Å². The Hall–Kier alpha value is -1.11.